The molecule has 27 heavy (non-hydrogen) atoms. The van der Waals surface area contributed by atoms with Crippen LogP contribution < -0.4 is 15.8 Å². The third-order valence-corrected chi connectivity index (χ3v) is 4.39. The summed E-state index contributed by atoms with van der Waals surface area (Å²) in [6.45, 7) is 0.410. The van der Waals surface area contributed by atoms with Gasteiger partial charge in [0, 0.05) is 30.8 Å². The van der Waals surface area contributed by atoms with Gasteiger partial charge in [-0.2, -0.15) is 0 Å². The Morgan fingerprint density at radius 3 is 2.67 bits per heavy atom. The summed E-state index contributed by atoms with van der Waals surface area (Å²) in [5.74, 6) is 0.636. The Kier molecular flexibility index (Phi) is 9.49. The second kappa shape index (κ2) is 11.1. The van der Waals surface area contributed by atoms with Crippen molar-refractivity contribution in [2.24, 2.45) is 11.7 Å². The number of pyridine rings is 1. The number of hydrogen-bond donors (Lipinski definition) is 2. The lowest BCUT2D eigenvalue weighted by Gasteiger charge is -2.25. The van der Waals surface area contributed by atoms with Gasteiger partial charge in [-0.05, 0) is 55.2 Å². The molecule has 1 aliphatic rings. The van der Waals surface area contributed by atoms with Crippen molar-refractivity contribution in [3.63, 3.8) is 0 Å². The Bertz CT molecular complexity index is 731. The molecule has 1 heterocycles. The van der Waals surface area contributed by atoms with Crippen LogP contribution in [0.25, 0.3) is 0 Å². The Balaban J connectivity index is 0.00000182. The number of halogens is 3. The molecule has 3 N–H and O–H groups in total. The monoisotopic (exact) mass is 415 g/mol. The molecule has 8 heteroatoms. The number of nitrogens with one attached hydrogen (secondary N) is 1. The van der Waals surface area contributed by atoms with Crippen LogP contribution in [0, 0.1) is 11.7 Å². The van der Waals surface area contributed by atoms with Crippen molar-refractivity contribution in [2.45, 2.75) is 38.3 Å². The van der Waals surface area contributed by atoms with Crippen LogP contribution in [0.3, 0.4) is 0 Å². The second-order valence-electron chi connectivity index (χ2n) is 6.40. The molecule has 0 aliphatic heterocycles. The standard InChI is InChI=1S/C19H22FN3O2.2ClH/c20-15-4-6-17(7-5-15)25-18-10-13(8-9-22-18)12-23-19(24)14-2-1-3-16(21)11-14;;/h4-10,14,16H,1-3,11-12,21H2,(H,23,24);2*1H. The predicted molar refractivity (Wildman–Crippen MR) is 107 cm³/mol. The Morgan fingerprint density at radius 1 is 1.22 bits per heavy atom. The Morgan fingerprint density at radius 2 is 1.96 bits per heavy atom. The van der Waals surface area contributed by atoms with Crippen molar-refractivity contribution in [3.8, 4) is 11.6 Å². The number of benzene rings is 1. The smallest absolute Gasteiger partial charge is 0.223 e. The van der Waals surface area contributed by atoms with Crippen molar-refractivity contribution in [1.82, 2.24) is 10.3 Å². The SMILES string of the molecule is Cl.Cl.NC1CCCC(C(=O)NCc2ccnc(Oc3ccc(F)cc3)c2)C1. The van der Waals surface area contributed by atoms with Crippen molar-refractivity contribution in [3.05, 3.63) is 54.0 Å². The molecule has 0 spiro atoms. The molecule has 2 aromatic rings. The molecule has 0 bridgehead atoms. The highest BCUT2D eigenvalue weighted by Gasteiger charge is 2.24. The van der Waals surface area contributed by atoms with Crippen LogP contribution in [0.15, 0.2) is 42.6 Å². The summed E-state index contributed by atoms with van der Waals surface area (Å²) in [5.41, 5.74) is 6.83. The highest BCUT2D eigenvalue weighted by Crippen LogP contribution is 2.23. The zero-order valence-corrected chi connectivity index (χ0v) is 16.4. The van der Waals surface area contributed by atoms with Crippen LogP contribution >= 0.6 is 24.8 Å². The number of hydrogen-bond acceptors (Lipinski definition) is 4. The molecule has 0 saturated heterocycles. The molecule has 2 atom stereocenters. The minimum atomic E-state index is -0.320. The average molecular weight is 416 g/mol. The van der Waals surface area contributed by atoms with Gasteiger partial charge in [0.2, 0.25) is 11.8 Å². The first-order valence-corrected chi connectivity index (χ1v) is 8.52. The molecule has 0 radical (unpaired) electrons. The van der Waals surface area contributed by atoms with E-state index >= 15 is 0 Å². The number of carbonyl (C=O) groups excluding carboxylic acids is 1. The van der Waals surface area contributed by atoms with E-state index in [0.29, 0.717) is 18.2 Å². The van der Waals surface area contributed by atoms with Gasteiger partial charge in [0.25, 0.3) is 0 Å². The van der Waals surface area contributed by atoms with Gasteiger partial charge in [0.05, 0.1) is 0 Å². The number of carbonyl (C=O) groups is 1. The van der Waals surface area contributed by atoms with Gasteiger partial charge in [-0.3, -0.25) is 4.79 Å². The minimum absolute atomic E-state index is 0. The van der Waals surface area contributed by atoms with E-state index in [1.165, 1.54) is 24.3 Å². The first kappa shape index (κ1) is 23.1. The van der Waals surface area contributed by atoms with E-state index in [1.54, 1.807) is 12.3 Å². The molecule has 1 amide bonds. The molecule has 1 aliphatic carbocycles. The van der Waals surface area contributed by atoms with Gasteiger partial charge in [-0.1, -0.05) is 6.42 Å². The maximum atomic E-state index is 12.9. The van der Waals surface area contributed by atoms with Gasteiger partial charge in [-0.15, -0.1) is 24.8 Å². The van der Waals surface area contributed by atoms with Crippen molar-refractivity contribution in [2.75, 3.05) is 0 Å². The molecule has 148 valence electrons. The van der Waals surface area contributed by atoms with E-state index in [2.05, 4.69) is 10.3 Å². The molecule has 2 unspecified atom stereocenters. The highest BCUT2D eigenvalue weighted by atomic mass is 35.5. The van der Waals surface area contributed by atoms with E-state index in [1.807, 2.05) is 6.07 Å². The van der Waals surface area contributed by atoms with Crippen molar-refractivity contribution in [1.29, 1.82) is 0 Å². The third-order valence-electron chi connectivity index (χ3n) is 4.39. The lowest BCUT2D eigenvalue weighted by atomic mass is 9.85. The molecule has 1 aromatic carbocycles. The number of amides is 1. The van der Waals surface area contributed by atoms with E-state index in [9.17, 15) is 9.18 Å². The summed E-state index contributed by atoms with van der Waals surface area (Å²) in [7, 11) is 0. The summed E-state index contributed by atoms with van der Waals surface area (Å²) < 4.78 is 18.5. The lowest BCUT2D eigenvalue weighted by molar-refractivity contribution is -0.126. The van der Waals surface area contributed by atoms with E-state index in [4.69, 9.17) is 10.5 Å². The summed E-state index contributed by atoms with van der Waals surface area (Å²) in [4.78, 5) is 16.4. The van der Waals surface area contributed by atoms with Crippen LogP contribution in [0.4, 0.5) is 4.39 Å². The minimum Gasteiger partial charge on any atom is -0.439 e. The fourth-order valence-corrected chi connectivity index (χ4v) is 3.04. The van der Waals surface area contributed by atoms with Crippen LogP contribution in [-0.2, 0) is 11.3 Å². The lowest BCUT2D eigenvalue weighted by Crippen LogP contribution is -2.37. The van der Waals surface area contributed by atoms with E-state index in [0.717, 1.165) is 31.2 Å². The van der Waals surface area contributed by atoms with E-state index in [-0.39, 0.29) is 48.5 Å². The molecule has 1 aromatic heterocycles. The topological polar surface area (TPSA) is 77.2 Å². The molecular formula is C19H24Cl2FN3O2. The Hall–Kier alpha value is -1.89. The van der Waals surface area contributed by atoms with Crippen LogP contribution in [0.1, 0.15) is 31.2 Å². The van der Waals surface area contributed by atoms with Gasteiger partial charge in [-0.25, -0.2) is 9.37 Å². The number of aromatic nitrogens is 1. The van der Waals surface area contributed by atoms with Gasteiger partial charge < -0.3 is 15.8 Å². The summed E-state index contributed by atoms with van der Waals surface area (Å²) in [6, 6.07) is 9.44. The van der Waals surface area contributed by atoms with Crippen LogP contribution in [-0.4, -0.2) is 16.9 Å². The largest absolute Gasteiger partial charge is 0.439 e. The molecule has 1 fully saturated rings. The van der Waals surface area contributed by atoms with Crippen molar-refractivity contribution >= 4 is 30.7 Å². The first-order valence-electron chi connectivity index (χ1n) is 8.52. The molecule has 3 rings (SSSR count). The fourth-order valence-electron chi connectivity index (χ4n) is 3.04. The van der Waals surface area contributed by atoms with Gasteiger partial charge in [0.15, 0.2) is 0 Å². The second-order valence-corrected chi connectivity index (χ2v) is 6.40. The van der Waals surface area contributed by atoms with Gasteiger partial charge in [0.1, 0.15) is 11.6 Å². The Labute approximate surface area is 170 Å². The fraction of sp³-hybridized carbons (Fsp3) is 0.368. The number of nitrogens with zero attached hydrogens (tertiary/aromatic N) is 1. The highest BCUT2D eigenvalue weighted by molar-refractivity contribution is 5.85. The average Bonchev–Trinajstić information content (AvgIpc) is 2.62. The number of nitrogens with two attached hydrogens (primary N) is 1. The van der Waals surface area contributed by atoms with Crippen LogP contribution in [0.5, 0.6) is 11.6 Å². The van der Waals surface area contributed by atoms with Gasteiger partial charge >= 0.3 is 0 Å². The quantitative estimate of drug-likeness (QED) is 0.773. The summed E-state index contributed by atoms with van der Waals surface area (Å²) in [5, 5.41) is 2.96. The third kappa shape index (κ3) is 6.97. The zero-order valence-electron chi connectivity index (χ0n) is 14.8. The summed E-state index contributed by atoms with van der Waals surface area (Å²) in [6.07, 6.45) is 5.27. The maximum absolute atomic E-state index is 12.9. The zero-order chi connectivity index (χ0) is 17.6. The molecular weight excluding hydrogens is 392 g/mol. The van der Waals surface area contributed by atoms with Crippen LogP contribution in [0.2, 0.25) is 0 Å². The number of rotatable bonds is 5. The molecule has 1 saturated carbocycles. The maximum Gasteiger partial charge on any atom is 0.223 e. The first-order chi connectivity index (χ1) is 12.1. The predicted octanol–water partition coefficient (Wildman–Crippen LogP) is 3.99. The molecule has 5 nitrogen and oxygen atoms in total. The normalized spacial score (nSPS) is 18.6. The summed E-state index contributed by atoms with van der Waals surface area (Å²) >= 11 is 0. The van der Waals surface area contributed by atoms with Crippen molar-refractivity contribution < 1.29 is 13.9 Å². The van der Waals surface area contributed by atoms with E-state index < -0.39 is 0 Å². The number of ether oxygens (including phenoxy) is 1.